The van der Waals surface area contributed by atoms with Gasteiger partial charge in [0.05, 0.1) is 17.9 Å². The van der Waals surface area contributed by atoms with Crippen LogP contribution in [0.2, 0.25) is 0 Å². The van der Waals surface area contributed by atoms with E-state index < -0.39 is 6.09 Å². The molecule has 2 N–H and O–H groups in total. The summed E-state index contributed by atoms with van der Waals surface area (Å²) < 4.78 is 6.97. The number of fused-ring (bicyclic) bond motifs is 1. The number of piperidine rings is 1. The standard InChI is InChI=1S/C24H31N7O3S/c1-14(2)34-24(33)27-17-6-8-30(9-7-17)22(32)19-12-20(26-15(3)16-4-5-16)29-21(28-19)18-13-25-31-10-11-35-23(18)31/h10-17H,4-9H2,1-3H3,(H,27,33)(H,26,28,29)/t15-/m0/s1. The molecule has 11 heteroatoms. The molecule has 186 valence electrons. The molecule has 1 aliphatic carbocycles. The summed E-state index contributed by atoms with van der Waals surface area (Å²) in [6.07, 6.45) is 6.82. The number of anilines is 1. The Balaban J connectivity index is 1.34. The Labute approximate surface area is 208 Å². The highest BCUT2D eigenvalue weighted by Gasteiger charge is 2.30. The van der Waals surface area contributed by atoms with Crippen molar-refractivity contribution in [3.8, 4) is 11.4 Å². The topological polar surface area (TPSA) is 114 Å². The largest absolute Gasteiger partial charge is 0.447 e. The van der Waals surface area contributed by atoms with Crippen molar-refractivity contribution in [1.82, 2.24) is 29.8 Å². The number of aromatic nitrogens is 4. The maximum Gasteiger partial charge on any atom is 0.407 e. The zero-order valence-corrected chi connectivity index (χ0v) is 21.0. The average molecular weight is 498 g/mol. The second-order valence-corrected chi connectivity index (χ2v) is 10.5. The van der Waals surface area contributed by atoms with Crippen molar-refractivity contribution >= 4 is 34.0 Å². The molecule has 0 radical (unpaired) electrons. The summed E-state index contributed by atoms with van der Waals surface area (Å²) in [5.41, 5.74) is 1.17. The van der Waals surface area contributed by atoms with Crippen molar-refractivity contribution in [1.29, 1.82) is 0 Å². The second kappa shape index (κ2) is 9.80. The van der Waals surface area contributed by atoms with Crippen LogP contribution in [0.25, 0.3) is 16.2 Å². The highest BCUT2D eigenvalue weighted by Crippen LogP contribution is 2.34. The number of rotatable bonds is 7. The van der Waals surface area contributed by atoms with Crippen molar-refractivity contribution < 1.29 is 14.3 Å². The third-order valence-electron chi connectivity index (χ3n) is 6.47. The minimum absolute atomic E-state index is 0.0117. The lowest BCUT2D eigenvalue weighted by molar-refractivity contribution is 0.0690. The van der Waals surface area contributed by atoms with Crippen LogP contribution in [-0.2, 0) is 4.74 Å². The van der Waals surface area contributed by atoms with Crippen molar-refractivity contribution in [3.05, 3.63) is 29.5 Å². The first kappa shape index (κ1) is 23.5. The number of ether oxygens (including phenoxy) is 1. The molecule has 4 heterocycles. The molecule has 3 aromatic rings. The van der Waals surface area contributed by atoms with Gasteiger partial charge in [-0.1, -0.05) is 0 Å². The minimum atomic E-state index is -0.410. The molecule has 1 atom stereocenters. The molecule has 2 aliphatic rings. The maximum absolute atomic E-state index is 13.5. The molecule has 2 amide bonds. The predicted octanol–water partition coefficient (Wildman–Crippen LogP) is 3.80. The second-order valence-electron chi connectivity index (χ2n) is 9.61. The van der Waals surface area contributed by atoms with Crippen LogP contribution < -0.4 is 10.6 Å². The Bertz CT molecular complexity index is 1210. The number of nitrogens with one attached hydrogen (secondary N) is 2. The summed E-state index contributed by atoms with van der Waals surface area (Å²) >= 11 is 1.56. The number of carbonyl (C=O) groups is 2. The Morgan fingerprint density at radius 1 is 1.14 bits per heavy atom. The van der Waals surface area contributed by atoms with E-state index in [0.29, 0.717) is 49.2 Å². The van der Waals surface area contributed by atoms with Gasteiger partial charge in [0.25, 0.3) is 5.91 Å². The average Bonchev–Trinajstić information content (AvgIpc) is 3.44. The van der Waals surface area contributed by atoms with E-state index >= 15 is 0 Å². The van der Waals surface area contributed by atoms with Crippen LogP contribution in [0, 0.1) is 5.92 Å². The van der Waals surface area contributed by atoms with Gasteiger partial charge in [-0.15, -0.1) is 11.3 Å². The van der Waals surface area contributed by atoms with Crippen molar-refractivity contribution in [2.45, 2.75) is 64.6 Å². The van der Waals surface area contributed by atoms with Crippen molar-refractivity contribution in [2.24, 2.45) is 5.92 Å². The van der Waals surface area contributed by atoms with Crippen LogP contribution in [0.1, 0.15) is 56.9 Å². The molecule has 0 aromatic carbocycles. The van der Waals surface area contributed by atoms with Crippen LogP contribution >= 0.6 is 11.3 Å². The molecule has 0 bridgehead atoms. The maximum atomic E-state index is 13.5. The molecule has 1 saturated heterocycles. The Morgan fingerprint density at radius 2 is 1.91 bits per heavy atom. The Morgan fingerprint density at radius 3 is 2.63 bits per heavy atom. The smallest absolute Gasteiger partial charge is 0.407 e. The van der Waals surface area contributed by atoms with E-state index in [0.717, 1.165) is 10.4 Å². The van der Waals surface area contributed by atoms with Gasteiger partial charge in [-0.25, -0.2) is 19.3 Å². The molecule has 5 rings (SSSR count). The lowest BCUT2D eigenvalue weighted by Gasteiger charge is -2.32. The molecular formula is C24H31N7O3S. The quantitative estimate of drug-likeness (QED) is 0.510. The van der Waals surface area contributed by atoms with Crippen LogP contribution in [0.3, 0.4) is 0 Å². The van der Waals surface area contributed by atoms with E-state index in [-0.39, 0.29) is 24.1 Å². The Kier molecular flexibility index (Phi) is 6.59. The van der Waals surface area contributed by atoms with E-state index in [1.807, 2.05) is 25.4 Å². The number of nitrogens with zero attached hydrogens (tertiary/aromatic N) is 5. The van der Waals surface area contributed by atoms with Crippen LogP contribution in [0.5, 0.6) is 0 Å². The summed E-state index contributed by atoms with van der Waals surface area (Å²) in [7, 11) is 0. The van der Waals surface area contributed by atoms with Crippen LogP contribution in [-0.4, -0.2) is 67.8 Å². The SMILES string of the molecule is CC(C)OC(=O)NC1CCN(C(=O)c2cc(N[C@@H](C)C3CC3)nc(-c3cnn4ccsc34)n2)CC1. The Hall–Kier alpha value is -3.21. The lowest BCUT2D eigenvalue weighted by Crippen LogP contribution is -2.47. The van der Waals surface area contributed by atoms with Crippen molar-refractivity contribution in [3.63, 3.8) is 0 Å². The molecule has 2 fully saturated rings. The molecule has 1 aliphatic heterocycles. The van der Waals surface area contributed by atoms with E-state index in [2.05, 4.69) is 27.6 Å². The highest BCUT2D eigenvalue weighted by atomic mass is 32.1. The number of carbonyl (C=O) groups excluding carboxylic acids is 2. The first-order valence-electron chi connectivity index (χ1n) is 12.2. The van der Waals surface area contributed by atoms with Gasteiger partial charge in [0.2, 0.25) is 0 Å². The summed E-state index contributed by atoms with van der Waals surface area (Å²) in [6.45, 7) is 6.86. The molecule has 0 spiro atoms. The number of alkyl carbamates (subject to hydrolysis) is 1. The van der Waals surface area contributed by atoms with Gasteiger partial charge >= 0.3 is 6.09 Å². The monoisotopic (exact) mass is 497 g/mol. The zero-order chi connectivity index (χ0) is 24.5. The van der Waals surface area contributed by atoms with E-state index in [1.165, 1.54) is 12.8 Å². The lowest BCUT2D eigenvalue weighted by atomic mass is 10.0. The fourth-order valence-corrected chi connectivity index (χ4v) is 5.17. The van der Waals surface area contributed by atoms with Gasteiger partial charge in [-0.3, -0.25) is 4.79 Å². The fraction of sp³-hybridized carbons (Fsp3) is 0.542. The molecule has 0 unspecified atom stereocenters. The summed E-state index contributed by atoms with van der Waals surface area (Å²) in [5, 5.41) is 12.7. The van der Waals surface area contributed by atoms with E-state index in [4.69, 9.17) is 9.72 Å². The van der Waals surface area contributed by atoms with Crippen LogP contribution in [0.15, 0.2) is 23.8 Å². The summed E-state index contributed by atoms with van der Waals surface area (Å²) in [6, 6.07) is 2.02. The number of hydrogen-bond acceptors (Lipinski definition) is 8. The molecule has 10 nitrogen and oxygen atoms in total. The number of likely N-dealkylation sites (tertiary alicyclic amines) is 1. The highest BCUT2D eigenvalue weighted by molar-refractivity contribution is 7.16. The third-order valence-corrected chi connectivity index (χ3v) is 7.36. The van der Waals surface area contributed by atoms with Gasteiger partial charge in [-0.2, -0.15) is 5.10 Å². The first-order chi connectivity index (χ1) is 16.9. The predicted molar refractivity (Wildman–Crippen MR) is 134 cm³/mol. The van der Waals surface area contributed by atoms with Gasteiger partial charge < -0.3 is 20.3 Å². The van der Waals surface area contributed by atoms with E-state index in [1.54, 1.807) is 33.0 Å². The molecule has 1 saturated carbocycles. The summed E-state index contributed by atoms with van der Waals surface area (Å²) in [4.78, 5) is 37.5. The third kappa shape index (κ3) is 5.39. The van der Waals surface area contributed by atoms with Gasteiger partial charge in [-0.05, 0) is 52.4 Å². The number of amides is 2. The molecule has 35 heavy (non-hydrogen) atoms. The van der Waals surface area contributed by atoms with Crippen LogP contribution in [0.4, 0.5) is 10.6 Å². The fourth-order valence-electron chi connectivity index (χ4n) is 4.38. The minimum Gasteiger partial charge on any atom is -0.447 e. The molecule has 3 aromatic heterocycles. The molecular weight excluding hydrogens is 466 g/mol. The van der Waals surface area contributed by atoms with Gasteiger partial charge in [0.1, 0.15) is 16.3 Å². The normalized spacial score (nSPS) is 17.5. The zero-order valence-electron chi connectivity index (χ0n) is 20.2. The van der Waals surface area contributed by atoms with Gasteiger partial charge in [0.15, 0.2) is 5.82 Å². The van der Waals surface area contributed by atoms with E-state index in [9.17, 15) is 9.59 Å². The van der Waals surface area contributed by atoms with Gasteiger partial charge in [0, 0.05) is 42.8 Å². The number of hydrogen-bond donors (Lipinski definition) is 2. The summed E-state index contributed by atoms with van der Waals surface area (Å²) in [5.74, 6) is 1.66. The van der Waals surface area contributed by atoms with Crippen molar-refractivity contribution in [2.75, 3.05) is 18.4 Å². The first-order valence-corrected chi connectivity index (χ1v) is 13.1. The number of thiazole rings is 1.